The molecular formula is C18H22N4OS. The molecule has 1 amide bonds. The molecule has 0 aliphatic carbocycles. The van der Waals surface area contributed by atoms with Gasteiger partial charge in [-0.2, -0.15) is 5.10 Å². The third-order valence-corrected chi connectivity index (χ3v) is 5.06. The van der Waals surface area contributed by atoms with Gasteiger partial charge in [0.15, 0.2) is 5.82 Å². The van der Waals surface area contributed by atoms with Crippen molar-refractivity contribution in [2.75, 3.05) is 36.8 Å². The molecule has 0 unspecified atom stereocenters. The molecule has 2 heterocycles. The quantitative estimate of drug-likeness (QED) is 0.800. The van der Waals surface area contributed by atoms with Crippen LogP contribution in [0.4, 0.5) is 5.82 Å². The minimum absolute atomic E-state index is 0.209. The fourth-order valence-electron chi connectivity index (χ4n) is 2.71. The maximum Gasteiger partial charge on any atom is 0.232 e. The highest BCUT2D eigenvalue weighted by molar-refractivity contribution is 8.00. The van der Waals surface area contributed by atoms with E-state index >= 15 is 0 Å². The van der Waals surface area contributed by atoms with E-state index in [9.17, 15) is 4.79 Å². The Morgan fingerprint density at radius 2 is 1.88 bits per heavy atom. The van der Waals surface area contributed by atoms with E-state index in [0.29, 0.717) is 5.75 Å². The molecule has 6 heteroatoms. The van der Waals surface area contributed by atoms with Gasteiger partial charge in [0.1, 0.15) is 0 Å². The molecular weight excluding hydrogens is 320 g/mol. The first kappa shape index (κ1) is 16.8. The lowest BCUT2D eigenvalue weighted by Gasteiger charge is -2.22. The predicted octanol–water partition coefficient (Wildman–Crippen LogP) is 2.62. The van der Waals surface area contributed by atoms with Crippen LogP contribution in [0.1, 0.15) is 12.1 Å². The number of carbonyl (C=O) groups excluding carboxylic acids is 1. The van der Waals surface area contributed by atoms with Gasteiger partial charge >= 0.3 is 0 Å². The van der Waals surface area contributed by atoms with Gasteiger partial charge in [0, 0.05) is 31.1 Å². The number of rotatable bonds is 4. The zero-order valence-electron chi connectivity index (χ0n) is 13.9. The number of hydrogen-bond donors (Lipinski definition) is 0. The van der Waals surface area contributed by atoms with E-state index in [0.717, 1.165) is 49.0 Å². The van der Waals surface area contributed by atoms with Crippen molar-refractivity contribution in [2.45, 2.75) is 18.2 Å². The summed E-state index contributed by atoms with van der Waals surface area (Å²) in [5.41, 5.74) is 0.920. The van der Waals surface area contributed by atoms with Gasteiger partial charge in [0.25, 0.3) is 0 Å². The molecule has 24 heavy (non-hydrogen) atoms. The van der Waals surface area contributed by atoms with Crippen LogP contribution in [0.15, 0.2) is 47.4 Å². The summed E-state index contributed by atoms with van der Waals surface area (Å²) in [6, 6.07) is 14.1. The molecule has 0 N–H and O–H groups in total. The monoisotopic (exact) mass is 342 g/mol. The molecule has 0 saturated carbocycles. The van der Waals surface area contributed by atoms with Gasteiger partial charge in [-0.1, -0.05) is 18.2 Å². The van der Waals surface area contributed by atoms with E-state index in [1.807, 2.05) is 54.3 Å². The molecule has 1 aromatic carbocycles. The number of hydrogen-bond acceptors (Lipinski definition) is 5. The number of aryl methyl sites for hydroxylation is 1. The van der Waals surface area contributed by atoms with Crippen LogP contribution in [0.2, 0.25) is 0 Å². The van der Waals surface area contributed by atoms with Crippen molar-refractivity contribution in [1.29, 1.82) is 0 Å². The van der Waals surface area contributed by atoms with Gasteiger partial charge in [-0.15, -0.1) is 16.9 Å². The molecule has 1 saturated heterocycles. The second-order valence-corrected chi connectivity index (χ2v) is 6.90. The van der Waals surface area contributed by atoms with E-state index in [-0.39, 0.29) is 5.91 Å². The number of benzene rings is 1. The third kappa shape index (κ3) is 4.47. The summed E-state index contributed by atoms with van der Waals surface area (Å²) < 4.78 is 0. The second kappa shape index (κ2) is 8.15. The lowest BCUT2D eigenvalue weighted by molar-refractivity contribution is -0.128. The van der Waals surface area contributed by atoms with Crippen LogP contribution in [-0.4, -0.2) is 52.9 Å². The molecule has 5 nitrogen and oxygen atoms in total. The summed E-state index contributed by atoms with van der Waals surface area (Å²) in [5, 5.41) is 8.38. The highest BCUT2D eigenvalue weighted by atomic mass is 32.2. The number of amides is 1. The SMILES string of the molecule is Cc1ccc(N2CCCN(C(=O)CSc3ccccc3)CC2)nn1. The van der Waals surface area contributed by atoms with Crippen molar-refractivity contribution in [3.63, 3.8) is 0 Å². The Labute approximate surface area is 147 Å². The Morgan fingerprint density at radius 1 is 1.04 bits per heavy atom. The average molecular weight is 342 g/mol. The number of thioether (sulfide) groups is 1. The number of nitrogens with zero attached hydrogens (tertiary/aromatic N) is 4. The first-order valence-electron chi connectivity index (χ1n) is 8.23. The minimum Gasteiger partial charge on any atom is -0.353 e. The van der Waals surface area contributed by atoms with E-state index in [1.54, 1.807) is 11.8 Å². The summed E-state index contributed by atoms with van der Waals surface area (Å²) in [5.74, 6) is 1.60. The van der Waals surface area contributed by atoms with Crippen LogP contribution in [0, 0.1) is 6.92 Å². The van der Waals surface area contributed by atoms with Gasteiger partial charge < -0.3 is 9.80 Å². The Morgan fingerprint density at radius 3 is 2.62 bits per heavy atom. The molecule has 0 atom stereocenters. The average Bonchev–Trinajstić information content (AvgIpc) is 2.87. The summed E-state index contributed by atoms with van der Waals surface area (Å²) in [7, 11) is 0. The number of aromatic nitrogens is 2. The molecule has 2 aromatic rings. The topological polar surface area (TPSA) is 49.3 Å². The molecule has 126 valence electrons. The smallest absolute Gasteiger partial charge is 0.232 e. The molecule has 3 rings (SSSR count). The molecule has 1 aliphatic heterocycles. The molecule has 0 spiro atoms. The van der Waals surface area contributed by atoms with Crippen molar-refractivity contribution in [3.8, 4) is 0 Å². The highest BCUT2D eigenvalue weighted by Gasteiger charge is 2.20. The van der Waals surface area contributed by atoms with Gasteiger partial charge in [-0.25, -0.2) is 0 Å². The molecule has 0 bridgehead atoms. The van der Waals surface area contributed by atoms with Gasteiger partial charge in [-0.3, -0.25) is 4.79 Å². The lowest BCUT2D eigenvalue weighted by Crippen LogP contribution is -2.36. The lowest BCUT2D eigenvalue weighted by atomic mass is 10.3. The summed E-state index contributed by atoms with van der Waals surface area (Å²) in [4.78, 5) is 17.8. The summed E-state index contributed by atoms with van der Waals surface area (Å²) in [6.45, 7) is 5.20. The maximum atomic E-state index is 12.5. The first-order chi connectivity index (χ1) is 11.7. The Hall–Kier alpha value is -2.08. The fourth-order valence-corrected chi connectivity index (χ4v) is 3.53. The Balaban J connectivity index is 1.53. The minimum atomic E-state index is 0.209. The van der Waals surface area contributed by atoms with Crippen molar-refractivity contribution in [3.05, 3.63) is 48.2 Å². The molecule has 1 aliphatic rings. The fraction of sp³-hybridized carbons (Fsp3) is 0.389. The zero-order valence-corrected chi connectivity index (χ0v) is 14.7. The molecule has 0 radical (unpaired) electrons. The first-order valence-corrected chi connectivity index (χ1v) is 9.22. The van der Waals surface area contributed by atoms with Crippen molar-refractivity contribution >= 4 is 23.5 Å². The van der Waals surface area contributed by atoms with Crippen molar-refractivity contribution < 1.29 is 4.79 Å². The largest absolute Gasteiger partial charge is 0.353 e. The van der Waals surface area contributed by atoms with Gasteiger partial charge in [0.2, 0.25) is 5.91 Å². The highest BCUT2D eigenvalue weighted by Crippen LogP contribution is 2.18. The van der Waals surface area contributed by atoms with E-state index in [2.05, 4.69) is 15.1 Å². The predicted molar refractivity (Wildman–Crippen MR) is 97.3 cm³/mol. The van der Waals surface area contributed by atoms with Crippen molar-refractivity contribution in [1.82, 2.24) is 15.1 Å². The standard InChI is InChI=1S/C18H22N4OS/c1-15-8-9-17(20-19-15)21-10-5-11-22(13-12-21)18(23)14-24-16-6-3-2-4-7-16/h2-4,6-9H,5,10-14H2,1H3. The Kier molecular flexibility index (Phi) is 5.69. The van der Waals surface area contributed by atoms with Crippen LogP contribution >= 0.6 is 11.8 Å². The van der Waals surface area contributed by atoms with Crippen LogP contribution in [-0.2, 0) is 4.79 Å². The number of carbonyl (C=O) groups is 1. The zero-order chi connectivity index (χ0) is 16.8. The van der Waals surface area contributed by atoms with E-state index < -0.39 is 0 Å². The maximum absolute atomic E-state index is 12.5. The van der Waals surface area contributed by atoms with E-state index in [4.69, 9.17) is 0 Å². The second-order valence-electron chi connectivity index (χ2n) is 5.86. The summed E-state index contributed by atoms with van der Waals surface area (Å²) >= 11 is 1.60. The van der Waals surface area contributed by atoms with Crippen LogP contribution in [0.5, 0.6) is 0 Å². The van der Waals surface area contributed by atoms with Crippen molar-refractivity contribution in [2.24, 2.45) is 0 Å². The van der Waals surface area contributed by atoms with Crippen LogP contribution in [0.25, 0.3) is 0 Å². The van der Waals surface area contributed by atoms with Gasteiger partial charge in [-0.05, 0) is 37.6 Å². The van der Waals surface area contributed by atoms with Gasteiger partial charge in [0.05, 0.1) is 11.4 Å². The van der Waals surface area contributed by atoms with Crippen LogP contribution < -0.4 is 4.90 Å². The Bertz CT molecular complexity index is 662. The molecule has 1 aromatic heterocycles. The third-order valence-electron chi connectivity index (χ3n) is 4.06. The molecule has 1 fully saturated rings. The summed E-state index contributed by atoms with van der Waals surface area (Å²) in [6.07, 6.45) is 0.956. The van der Waals surface area contributed by atoms with Crippen LogP contribution in [0.3, 0.4) is 0 Å². The normalized spacial score (nSPS) is 15.2. The van der Waals surface area contributed by atoms with E-state index in [1.165, 1.54) is 0 Å². The number of anilines is 1.